The van der Waals surface area contributed by atoms with Crippen molar-refractivity contribution in [2.24, 2.45) is 5.10 Å². The largest absolute Gasteiger partial charge is 0.733 e. The van der Waals surface area contributed by atoms with Crippen molar-refractivity contribution in [3.05, 3.63) is 83.3 Å². The van der Waals surface area contributed by atoms with Gasteiger partial charge in [-0.2, -0.15) is 5.10 Å². The number of anilines is 1. The SMILES string of the molecule is O=C(NN=Cc1ccc(-c2ccccc2)o1)c1ccc(N([O-])O)cc1. The zero-order valence-corrected chi connectivity index (χ0v) is 13.0. The number of nitrogens with one attached hydrogen (secondary N) is 1. The summed E-state index contributed by atoms with van der Waals surface area (Å²) in [6.07, 6.45) is 1.39. The van der Waals surface area contributed by atoms with Crippen LogP contribution in [-0.2, 0) is 0 Å². The van der Waals surface area contributed by atoms with Gasteiger partial charge in [0.05, 0.1) is 11.9 Å². The number of amides is 1. The van der Waals surface area contributed by atoms with Crippen LogP contribution >= 0.6 is 0 Å². The van der Waals surface area contributed by atoms with Gasteiger partial charge in [0.1, 0.15) is 11.5 Å². The predicted molar refractivity (Wildman–Crippen MR) is 93.3 cm³/mol. The molecule has 0 spiro atoms. The van der Waals surface area contributed by atoms with E-state index < -0.39 is 5.91 Å². The molecule has 1 heterocycles. The molecule has 25 heavy (non-hydrogen) atoms. The molecule has 0 unspecified atom stereocenters. The van der Waals surface area contributed by atoms with Crippen molar-refractivity contribution in [3.8, 4) is 11.3 Å². The highest BCUT2D eigenvalue weighted by Gasteiger charge is 2.05. The predicted octanol–water partition coefficient (Wildman–Crippen LogP) is 3.40. The van der Waals surface area contributed by atoms with E-state index in [1.165, 1.54) is 30.5 Å². The number of hydrogen-bond acceptors (Lipinski definition) is 6. The number of furan rings is 1. The summed E-state index contributed by atoms with van der Waals surface area (Å²) in [4.78, 5) is 11.9. The van der Waals surface area contributed by atoms with Crippen LogP contribution in [0.25, 0.3) is 11.3 Å². The topological polar surface area (TPSA) is 101 Å². The Labute approximate surface area is 143 Å². The highest BCUT2D eigenvalue weighted by Crippen LogP contribution is 2.20. The summed E-state index contributed by atoms with van der Waals surface area (Å²) < 4.78 is 5.63. The fourth-order valence-electron chi connectivity index (χ4n) is 2.14. The lowest BCUT2D eigenvalue weighted by Crippen LogP contribution is -2.17. The maximum absolute atomic E-state index is 11.9. The molecule has 2 N–H and O–H groups in total. The molecule has 1 amide bonds. The molecule has 0 radical (unpaired) electrons. The van der Waals surface area contributed by atoms with E-state index in [0.29, 0.717) is 17.1 Å². The van der Waals surface area contributed by atoms with Crippen LogP contribution in [0.4, 0.5) is 5.69 Å². The number of hydrogen-bond donors (Lipinski definition) is 2. The van der Waals surface area contributed by atoms with E-state index in [0.717, 1.165) is 5.56 Å². The minimum absolute atomic E-state index is 0.0316. The van der Waals surface area contributed by atoms with E-state index in [1.807, 2.05) is 36.4 Å². The van der Waals surface area contributed by atoms with Gasteiger partial charge >= 0.3 is 0 Å². The zero-order chi connectivity index (χ0) is 17.6. The molecule has 0 saturated carbocycles. The third kappa shape index (κ3) is 4.11. The standard InChI is InChI=1S/C18H14N3O4/c22-18(14-6-8-15(9-7-14)21(23)24)20-19-12-16-10-11-17(25-16)13-4-2-1-3-5-13/h1-12,23H,(H,20,22)/q-1. The van der Waals surface area contributed by atoms with Crippen molar-refractivity contribution < 1.29 is 14.4 Å². The van der Waals surface area contributed by atoms with Crippen LogP contribution < -0.4 is 10.7 Å². The van der Waals surface area contributed by atoms with Crippen LogP contribution in [0, 0.1) is 5.21 Å². The molecule has 0 aliphatic heterocycles. The second-order valence-corrected chi connectivity index (χ2v) is 5.09. The first-order valence-electron chi connectivity index (χ1n) is 7.38. The maximum atomic E-state index is 11.9. The van der Waals surface area contributed by atoms with Gasteiger partial charge in [0.15, 0.2) is 0 Å². The van der Waals surface area contributed by atoms with Crippen LogP contribution in [0.15, 0.2) is 76.2 Å². The van der Waals surface area contributed by atoms with Crippen LogP contribution in [0.2, 0.25) is 0 Å². The van der Waals surface area contributed by atoms with Crippen molar-refractivity contribution in [1.82, 2.24) is 5.43 Å². The third-order valence-electron chi connectivity index (χ3n) is 3.39. The van der Waals surface area contributed by atoms with E-state index in [2.05, 4.69) is 10.5 Å². The summed E-state index contributed by atoms with van der Waals surface area (Å²) in [6.45, 7) is 0. The monoisotopic (exact) mass is 336 g/mol. The van der Waals surface area contributed by atoms with Gasteiger partial charge in [-0.3, -0.25) is 10.0 Å². The first-order chi connectivity index (χ1) is 12.1. The Morgan fingerprint density at radius 3 is 2.48 bits per heavy atom. The summed E-state index contributed by atoms with van der Waals surface area (Å²) in [6, 6.07) is 18.6. The summed E-state index contributed by atoms with van der Waals surface area (Å²) in [7, 11) is 0. The van der Waals surface area contributed by atoms with Crippen LogP contribution in [0.1, 0.15) is 16.1 Å². The van der Waals surface area contributed by atoms with Crippen molar-refractivity contribution in [1.29, 1.82) is 0 Å². The van der Waals surface area contributed by atoms with Gasteiger partial charge in [-0.05, 0) is 36.4 Å². The maximum Gasteiger partial charge on any atom is 0.271 e. The van der Waals surface area contributed by atoms with E-state index in [1.54, 1.807) is 6.07 Å². The van der Waals surface area contributed by atoms with E-state index in [4.69, 9.17) is 9.62 Å². The first-order valence-corrected chi connectivity index (χ1v) is 7.38. The molecule has 7 heteroatoms. The molecule has 3 aromatic rings. The average molecular weight is 336 g/mol. The molecular weight excluding hydrogens is 322 g/mol. The highest BCUT2D eigenvalue weighted by atomic mass is 16.8. The number of carbonyl (C=O) groups is 1. The normalized spacial score (nSPS) is 10.8. The van der Waals surface area contributed by atoms with Gasteiger partial charge in [-0.15, -0.1) is 0 Å². The van der Waals surface area contributed by atoms with Crippen molar-refractivity contribution in [2.75, 3.05) is 5.23 Å². The first kappa shape index (κ1) is 16.4. The lowest BCUT2D eigenvalue weighted by molar-refractivity contribution is 0.0955. The number of benzene rings is 2. The summed E-state index contributed by atoms with van der Waals surface area (Å²) in [5, 5.41) is 23.0. The number of hydrazone groups is 1. The van der Waals surface area contributed by atoms with Gasteiger partial charge in [-0.25, -0.2) is 5.43 Å². The molecule has 0 aliphatic rings. The molecular formula is C18H14N3O4-. The van der Waals surface area contributed by atoms with Crippen molar-refractivity contribution >= 4 is 17.8 Å². The van der Waals surface area contributed by atoms with Gasteiger partial charge in [-0.1, -0.05) is 30.3 Å². The van der Waals surface area contributed by atoms with Crippen LogP contribution in [0.5, 0.6) is 0 Å². The fourth-order valence-corrected chi connectivity index (χ4v) is 2.14. The van der Waals surface area contributed by atoms with E-state index in [-0.39, 0.29) is 10.9 Å². The molecule has 0 aliphatic carbocycles. The second-order valence-electron chi connectivity index (χ2n) is 5.09. The molecule has 126 valence electrons. The minimum Gasteiger partial charge on any atom is -0.733 e. The van der Waals surface area contributed by atoms with Gasteiger partial charge < -0.3 is 14.9 Å². The average Bonchev–Trinajstić information content (AvgIpc) is 3.11. The van der Waals surface area contributed by atoms with Crippen LogP contribution in [0.3, 0.4) is 0 Å². The Morgan fingerprint density at radius 1 is 1.08 bits per heavy atom. The number of nitrogens with zero attached hydrogens (tertiary/aromatic N) is 2. The third-order valence-corrected chi connectivity index (χ3v) is 3.39. The molecule has 1 aromatic heterocycles. The Hall–Kier alpha value is -3.42. The van der Waals surface area contributed by atoms with Crippen molar-refractivity contribution in [2.45, 2.75) is 0 Å². The minimum atomic E-state index is -0.451. The summed E-state index contributed by atoms with van der Waals surface area (Å²) in [5.41, 5.74) is 3.64. The molecule has 0 fully saturated rings. The number of carbonyl (C=O) groups excluding carboxylic acids is 1. The quantitative estimate of drug-likeness (QED) is 0.549. The Kier molecular flexibility index (Phi) is 4.89. The molecule has 2 aromatic carbocycles. The van der Waals surface area contributed by atoms with Crippen molar-refractivity contribution in [3.63, 3.8) is 0 Å². The summed E-state index contributed by atoms with van der Waals surface area (Å²) >= 11 is 0. The van der Waals surface area contributed by atoms with E-state index >= 15 is 0 Å². The van der Waals surface area contributed by atoms with Gasteiger partial charge in [0.2, 0.25) is 0 Å². The molecule has 0 saturated heterocycles. The number of rotatable bonds is 5. The second kappa shape index (κ2) is 7.43. The Balaban J connectivity index is 1.61. The zero-order valence-electron chi connectivity index (χ0n) is 13.0. The highest BCUT2D eigenvalue weighted by molar-refractivity contribution is 5.95. The summed E-state index contributed by atoms with van der Waals surface area (Å²) in [5.74, 6) is 0.750. The van der Waals surface area contributed by atoms with Gasteiger partial charge in [0.25, 0.3) is 5.91 Å². The molecule has 7 nitrogen and oxygen atoms in total. The molecule has 0 atom stereocenters. The van der Waals surface area contributed by atoms with E-state index in [9.17, 15) is 10.0 Å². The fraction of sp³-hybridized carbons (Fsp3) is 0. The smallest absolute Gasteiger partial charge is 0.271 e. The lowest BCUT2D eigenvalue weighted by atomic mass is 10.2. The van der Waals surface area contributed by atoms with Crippen LogP contribution in [-0.4, -0.2) is 17.3 Å². The molecule has 0 bridgehead atoms. The lowest BCUT2D eigenvalue weighted by Gasteiger charge is -2.21. The Morgan fingerprint density at radius 2 is 1.80 bits per heavy atom. The Bertz CT molecular complexity index is 871. The molecule has 3 rings (SSSR count). The van der Waals surface area contributed by atoms with Gasteiger partial charge in [0, 0.05) is 11.1 Å².